The van der Waals surface area contributed by atoms with Crippen molar-refractivity contribution in [3.05, 3.63) is 28.2 Å². The summed E-state index contributed by atoms with van der Waals surface area (Å²) in [5, 5.41) is 4.39. The third-order valence-electron chi connectivity index (χ3n) is 2.10. The van der Waals surface area contributed by atoms with Crippen molar-refractivity contribution in [2.24, 2.45) is 5.16 Å². The van der Waals surface area contributed by atoms with Gasteiger partial charge >= 0.3 is 5.97 Å². The molecule has 0 heterocycles. The van der Waals surface area contributed by atoms with Crippen LogP contribution in [0.1, 0.15) is 20.3 Å². The van der Waals surface area contributed by atoms with Gasteiger partial charge in [0.15, 0.2) is 6.61 Å². The first kappa shape index (κ1) is 16.6. The van der Waals surface area contributed by atoms with Gasteiger partial charge in [-0.15, -0.1) is 0 Å². The highest BCUT2D eigenvalue weighted by Gasteiger charge is 2.08. The highest BCUT2D eigenvalue weighted by molar-refractivity contribution is 6.35. The van der Waals surface area contributed by atoms with Crippen LogP contribution in [0.4, 0.5) is 0 Å². The molecule has 0 amide bonds. The van der Waals surface area contributed by atoms with Gasteiger partial charge in [-0.1, -0.05) is 30.1 Å². The normalized spacial score (nSPS) is 11.1. The molecule has 0 saturated carbocycles. The minimum atomic E-state index is -0.651. The molecule has 0 bridgehead atoms. The molecule has 0 spiro atoms. The van der Waals surface area contributed by atoms with Gasteiger partial charge in [0.25, 0.3) is 0 Å². The van der Waals surface area contributed by atoms with Gasteiger partial charge in [0, 0.05) is 11.4 Å². The molecule has 0 aliphatic carbocycles. The first-order valence-corrected chi connectivity index (χ1v) is 6.79. The lowest BCUT2D eigenvalue weighted by Crippen LogP contribution is -2.14. The van der Waals surface area contributed by atoms with E-state index in [-0.39, 0.29) is 6.61 Å². The van der Waals surface area contributed by atoms with Gasteiger partial charge in [0.1, 0.15) is 5.75 Å². The summed E-state index contributed by atoms with van der Waals surface area (Å²) < 4.78 is 10.3. The first-order chi connectivity index (χ1) is 9.56. The maximum Gasteiger partial charge on any atom is 0.372 e. The second-order valence-corrected chi connectivity index (χ2v) is 4.44. The summed E-state index contributed by atoms with van der Waals surface area (Å²) in [4.78, 5) is 16.1. The molecule has 110 valence electrons. The zero-order valence-electron chi connectivity index (χ0n) is 11.2. The minimum absolute atomic E-state index is 0.312. The smallest absolute Gasteiger partial charge is 0.372 e. The molecule has 0 atom stereocenters. The maximum atomic E-state index is 11.4. The predicted molar refractivity (Wildman–Crippen MR) is 77.4 cm³/mol. The number of carbonyl (C=O) groups excluding carboxylic acids is 1. The SMILES string of the molecule is CCOC(CC)=NOC(=O)COc1ccc(Cl)cc1Cl. The number of carbonyl (C=O) groups is 1. The Balaban J connectivity index is 2.47. The van der Waals surface area contributed by atoms with E-state index in [0.29, 0.717) is 34.7 Å². The second-order valence-electron chi connectivity index (χ2n) is 3.60. The van der Waals surface area contributed by atoms with Crippen molar-refractivity contribution >= 4 is 35.1 Å². The van der Waals surface area contributed by atoms with Gasteiger partial charge < -0.3 is 14.3 Å². The van der Waals surface area contributed by atoms with Crippen LogP contribution in [0.3, 0.4) is 0 Å². The van der Waals surface area contributed by atoms with Crippen LogP contribution in [0.25, 0.3) is 0 Å². The van der Waals surface area contributed by atoms with Crippen molar-refractivity contribution in [3.63, 3.8) is 0 Å². The molecule has 5 nitrogen and oxygen atoms in total. The first-order valence-electron chi connectivity index (χ1n) is 6.04. The second kappa shape index (κ2) is 8.66. The number of halogens is 2. The summed E-state index contributed by atoms with van der Waals surface area (Å²) in [6.45, 7) is 3.81. The molecule has 0 aliphatic heterocycles. The third kappa shape index (κ3) is 5.67. The molecule has 0 aromatic heterocycles. The third-order valence-corrected chi connectivity index (χ3v) is 2.63. The van der Waals surface area contributed by atoms with Crippen molar-refractivity contribution in [1.29, 1.82) is 0 Å². The molecule has 7 heteroatoms. The van der Waals surface area contributed by atoms with Crippen LogP contribution in [0, 0.1) is 0 Å². The fraction of sp³-hybridized carbons (Fsp3) is 0.385. The van der Waals surface area contributed by atoms with Crippen molar-refractivity contribution in [2.45, 2.75) is 20.3 Å². The minimum Gasteiger partial charge on any atom is -0.480 e. The van der Waals surface area contributed by atoms with Crippen LogP contribution >= 0.6 is 23.2 Å². The average Bonchev–Trinajstić information content (AvgIpc) is 2.42. The van der Waals surface area contributed by atoms with Crippen LogP contribution < -0.4 is 4.74 Å². The molecule has 1 aromatic carbocycles. The highest BCUT2D eigenvalue weighted by atomic mass is 35.5. The largest absolute Gasteiger partial charge is 0.480 e. The predicted octanol–water partition coefficient (Wildman–Crippen LogP) is 3.68. The van der Waals surface area contributed by atoms with Crippen molar-refractivity contribution in [2.75, 3.05) is 13.2 Å². The molecule has 0 aliphatic rings. The van der Waals surface area contributed by atoms with Crippen LogP contribution in [0.15, 0.2) is 23.4 Å². The molecule has 1 rings (SSSR count). The number of oxime groups is 1. The fourth-order valence-corrected chi connectivity index (χ4v) is 1.68. The Hall–Kier alpha value is -1.46. The molecular formula is C13H15Cl2NO4. The summed E-state index contributed by atoms with van der Waals surface area (Å²) in [6.07, 6.45) is 0.533. The molecular weight excluding hydrogens is 305 g/mol. The molecule has 0 fully saturated rings. The van der Waals surface area contributed by atoms with E-state index in [9.17, 15) is 4.79 Å². The number of hydrogen-bond donors (Lipinski definition) is 0. The number of ether oxygens (including phenoxy) is 2. The van der Waals surface area contributed by atoms with Gasteiger partial charge in [0.2, 0.25) is 5.90 Å². The van der Waals surface area contributed by atoms with E-state index in [1.807, 2.05) is 13.8 Å². The Kier molecular flexibility index (Phi) is 7.18. The highest BCUT2D eigenvalue weighted by Crippen LogP contribution is 2.27. The van der Waals surface area contributed by atoms with Crippen LogP contribution in [0.5, 0.6) is 5.75 Å². The summed E-state index contributed by atoms with van der Waals surface area (Å²) in [7, 11) is 0. The Morgan fingerprint density at radius 3 is 2.65 bits per heavy atom. The average molecular weight is 320 g/mol. The molecule has 0 N–H and O–H groups in total. The fourth-order valence-electron chi connectivity index (χ4n) is 1.22. The van der Waals surface area contributed by atoms with E-state index < -0.39 is 5.97 Å². The van der Waals surface area contributed by atoms with Gasteiger partial charge in [-0.2, -0.15) is 0 Å². The lowest BCUT2D eigenvalue weighted by Gasteiger charge is -2.07. The van der Waals surface area contributed by atoms with Crippen molar-refractivity contribution < 1.29 is 19.1 Å². The van der Waals surface area contributed by atoms with E-state index >= 15 is 0 Å². The van der Waals surface area contributed by atoms with Gasteiger partial charge in [0.05, 0.1) is 11.6 Å². The summed E-state index contributed by atoms with van der Waals surface area (Å²) in [6, 6.07) is 4.70. The topological polar surface area (TPSA) is 57.1 Å². The van der Waals surface area contributed by atoms with E-state index in [1.54, 1.807) is 12.1 Å². The summed E-state index contributed by atoms with van der Waals surface area (Å²) >= 11 is 11.6. The zero-order chi connectivity index (χ0) is 15.0. The van der Waals surface area contributed by atoms with Crippen LogP contribution in [-0.4, -0.2) is 25.1 Å². The summed E-state index contributed by atoms with van der Waals surface area (Å²) in [5.74, 6) is 0.0459. The Morgan fingerprint density at radius 2 is 2.05 bits per heavy atom. The van der Waals surface area contributed by atoms with Gasteiger partial charge in [-0.3, -0.25) is 0 Å². The molecule has 0 saturated heterocycles. The number of hydrogen-bond acceptors (Lipinski definition) is 5. The molecule has 0 unspecified atom stereocenters. The number of rotatable bonds is 6. The molecule has 20 heavy (non-hydrogen) atoms. The Morgan fingerprint density at radius 1 is 1.30 bits per heavy atom. The quantitative estimate of drug-likeness (QED) is 0.347. The molecule has 1 aromatic rings. The van der Waals surface area contributed by atoms with Crippen molar-refractivity contribution in [3.8, 4) is 5.75 Å². The maximum absolute atomic E-state index is 11.4. The van der Waals surface area contributed by atoms with E-state index in [4.69, 9.17) is 32.7 Å². The summed E-state index contributed by atoms with van der Waals surface area (Å²) in [5.41, 5.74) is 0. The zero-order valence-corrected chi connectivity index (χ0v) is 12.7. The van der Waals surface area contributed by atoms with Crippen molar-refractivity contribution in [1.82, 2.24) is 0 Å². The Labute approximate surface area is 127 Å². The van der Waals surface area contributed by atoms with Gasteiger partial charge in [-0.25, -0.2) is 4.79 Å². The standard InChI is InChI=1S/C13H15Cl2NO4/c1-3-12(18-4-2)16-20-13(17)8-19-11-6-5-9(14)7-10(11)15/h5-7H,3-4,8H2,1-2H3. The van der Waals surface area contributed by atoms with E-state index in [1.165, 1.54) is 6.07 Å². The molecule has 0 radical (unpaired) electrons. The number of benzene rings is 1. The Bertz CT molecular complexity index is 491. The lowest BCUT2D eigenvalue weighted by atomic mass is 10.3. The number of nitrogens with zero attached hydrogens (tertiary/aromatic N) is 1. The van der Waals surface area contributed by atoms with Gasteiger partial charge in [-0.05, 0) is 30.3 Å². The van der Waals surface area contributed by atoms with E-state index in [2.05, 4.69) is 9.99 Å². The van der Waals surface area contributed by atoms with Crippen LogP contribution in [0.2, 0.25) is 10.0 Å². The lowest BCUT2D eigenvalue weighted by molar-refractivity contribution is -0.146. The van der Waals surface area contributed by atoms with E-state index in [0.717, 1.165) is 0 Å². The monoisotopic (exact) mass is 319 g/mol. The van der Waals surface area contributed by atoms with Crippen LogP contribution in [-0.2, 0) is 14.4 Å².